The first-order chi connectivity index (χ1) is 8.75. The lowest BCUT2D eigenvalue weighted by molar-refractivity contribution is -0.0409. The van der Waals surface area contributed by atoms with Gasteiger partial charge in [0.2, 0.25) is 0 Å². The Morgan fingerprint density at radius 3 is 2.50 bits per heavy atom. The zero-order valence-electron chi connectivity index (χ0n) is 9.54. The fourth-order valence-electron chi connectivity index (χ4n) is 2.10. The van der Waals surface area contributed by atoms with Gasteiger partial charge >= 0.3 is 6.09 Å². The standard InChI is InChI=1S/C14H11NO3/c16-14(17)15-9-10-5-1-2-6-11(10)12-7-3-4-8-13(12)18-15/h1-8H,9H2,(H,16,17). The van der Waals surface area contributed by atoms with Crippen molar-refractivity contribution in [2.75, 3.05) is 0 Å². The number of nitrogens with zero attached hydrogens (tertiary/aromatic N) is 1. The minimum Gasteiger partial charge on any atom is -0.463 e. The Bertz CT molecular complexity index is 562. The van der Waals surface area contributed by atoms with Crippen LogP contribution in [0.4, 0.5) is 4.79 Å². The number of hydroxylamine groups is 2. The van der Waals surface area contributed by atoms with E-state index in [1.807, 2.05) is 42.5 Å². The van der Waals surface area contributed by atoms with Crippen LogP contribution < -0.4 is 4.84 Å². The molecular weight excluding hydrogens is 230 g/mol. The Labute approximate surface area is 104 Å². The highest BCUT2D eigenvalue weighted by Gasteiger charge is 2.23. The van der Waals surface area contributed by atoms with Crippen LogP contribution in [0.3, 0.4) is 0 Å². The van der Waals surface area contributed by atoms with Crippen LogP contribution in [0.2, 0.25) is 0 Å². The highest BCUT2D eigenvalue weighted by molar-refractivity contribution is 5.75. The van der Waals surface area contributed by atoms with E-state index in [1.165, 1.54) is 0 Å². The van der Waals surface area contributed by atoms with Crippen molar-refractivity contribution in [3.05, 3.63) is 54.1 Å². The molecule has 2 aromatic carbocycles. The molecule has 0 aliphatic carbocycles. The summed E-state index contributed by atoms with van der Waals surface area (Å²) in [5, 5.41) is 10.1. The van der Waals surface area contributed by atoms with Crippen molar-refractivity contribution in [1.82, 2.24) is 5.06 Å². The first kappa shape index (κ1) is 10.7. The summed E-state index contributed by atoms with van der Waals surface area (Å²) in [6, 6.07) is 15.2. The molecule has 18 heavy (non-hydrogen) atoms. The van der Waals surface area contributed by atoms with E-state index in [-0.39, 0.29) is 6.54 Å². The number of carbonyl (C=O) groups is 1. The fraction of sp³-hybridized carbons (Fsp3) is 0.0714. The van der Waals surface area contributed by atoms with Gasteiger partial charge in [0.25, 0.3) is 0 Å². The van der Waals surface area contributed by atoms with Crippen LogP contribution in [0, 0.1) is 0 Å². The van der Waals surface area contributed by atoms with Crippen molar-refractivity contribution in [2.24, 2.45) is 0 Å². The van der Waals surface area contributed by atoms with Crippen molar-refractivity contribution < 1.29 is 14.7 Å². The van der Waals surface area contributed by atoms with E-state index in [0.29, 0.717) is 5.75 Å². The summed E-state index contributed by atoms with van der Waals surface area (Å²) < 4.78 is 0. The topological polar surface area (TPSA) is 49.8 Å². The molecule has 1 N–H and O–H groups in total. The van der Waals surface area contributed by atoms with Crippen molar-refractivity contribution >= 4 is 6.09 Å². The third-order valence-corrected chi connectivity index (χ3v) is 2.93. The van der Waals surface area contributed by atoms with E-state index >= 15 is 0 Å². The summed E-state index contributed by atoms with van der Waals surface area (Å²) in [5.41, 5.74) is 2.86. The summed E-state index contributed by atoms with van der Waals surface area (Å²) in [5.74, 6) is 0.560. The van der Waals surface area contributed by atoms with Gasteiger partial charge in [-0.1, -0.05) is 42.5 Å². The van der Waals surface area contributed by atoms with Gasteiger partial charge in [-0.25, -0.2) is 4.79 Å². The number of para-hydroxylation sites is 1. The largest absolute Gasteiger partial charge is 0.463 e. The molecular formula is C14H11NO3. The number of hydrogen-bond acceptors (Lipinski definition) is 2. The molecule has 1 amide bonds. The average Bonchev–Trinajstić information content (AvgIpc) is 2.55. The molecule has 0 radical (unpaired) electrons. The van der Waals surface area contributed by atoms with Crippen LogP contribution in [0.1, 0.15) is 5.56 Å². The number of amides is 1. The summed E-state index contributed by atoms with van der Waals surface area (Å²) in [7, 11) is 0. The van der Waals surface area contributed by atoms with Crippen LogP contribution in [-0.4, -0.2) is 16.3 Å². The van der Waals surface area contributed by atoms with Crippen molar-refractivity contribution in [3.63, 3.8) is 0 Å². The molecule has 0 saturated carbocycles. The van der Waals surface area contributed by atoms with E-state index in [4.69, 9.17) is 9.94 Å². The molecule has 0 aromatic heterocycles. The molecule has 90 valence electrons. The molecule has 1 aliphatic heterocycles. The SMILES string of the molecule is O=C(O)N1Cc2ccccc2-c2ccccc2O1. The van der Waals surface area contributed by atoms with Crippen molar-refractivity contribution in [3.8, 4) is 16.9 Å². The van der Waals surface area contributed by atoms with Crippen LogP contribution in [0.5, 0.6) is 5.75 Å². The molecule has 0 fully saturated rings. The van der Waals surface area contributed by atoms with Crippen molar-refractivity contribution in [2.45, 2.75) is 6.54 Å². The molecule has 4 nitrogen and oxygen atoms in total. The van der Waals surface area contributed by atoms with Gasteiger partial charge in [0.05, 0.1) is 6.54 Å². The van der Waals surface area contributed by atoms with Gasteiger partial charge in [-0.2, -0.15) is 0 Å². The van der Waals surface area contributed by atoms with Gasteiger partial charge in [-0.05, 0) is 17.2 Å². The number of fused-ring (bicyclic) bond motifs is 3. The Kier molecular flexibility index (Phi) is 2.41. The maximum absolute atomic E-state index is 11.1. The third kappa shape index (κ3) is 1.68. The number of benzene rings is 2. The summed E-state index contributed by atoms with van der Waals surface area (Å²) in [6.45, 7) is 0.222. The van der Waals surface area contributed by atoms with Crippen LogP contribution >= 0.6 is 0 Å². The monoisotopic (exact) mass is 241 g/mol. The summed E-state index contributed by atoms with van der Waals surface area (Å²) >= 11 is 0. The van der Waals surface area contributed by atoms with Crippen LogP contribution in [0.25, 0.3) is 11.1 Å². The molecule has 0 saturated heterocycles. The number of hydrogen-bond donors (Lipinski definition) is 1. The minimum absolute atomic E-state index is 0.222. The Balaban J connectivity index is 2.21. The van der Waals surface area contributed by atoms with Gasteiger partial charge in [0, 0.05) is 5.56 Å². The lowest BCUT2D eigenvalue weighted by Gasteiger charge is -2.17. The van der Waals surface area contributed by atoms with E-state index in [2.05, 4.69) is 0 Å². The van der Waals surface area contributed by atoms with E-state index < -0.39 is 6.09 Å². The molecule has 0 unspecified atom stereocenters. The smallest absolute Gasteiger partial charge is 0.441 e. The molecule has 3 rings (SSSR count). The first-order valence-corrected chi connectivity index (χ1v) is 5.61. The Morgan fingerprint density at radius 1 is 1.06 bits per heavy atom. The zero-order valence-corrected chi connectivity index (χ0v) is 9.54. The van der Waals surface area contributed by atoms with Gasteiger partial charge in [0.15, 0.2) is 5.75 Å². The molecule has 0 atom stereocenters. The number of rotatable bonds is 0. The minimum atomic E-state index is -1.10. The predicted octanol–water partition coefficient (Wildman–Crippen LogP) is 3.14. The molecule has 1 heterocycles. The second kappa shape index (κ2) is 4.07. The molecule has 0 spiro atoms. The molecule has 4 heteroatoms. The normalized spacial score (nSPS) is 13.0. The fourth-order valence-corrected chi connectivity index (χ4v) is 2.10. The zero-order chi connectivity index (χ0) is 12.5. The first-order valence-electron chi connectivity index (χ1n) is 5.61. The molecule has 2 aromatic rings. The van der Waals surface area contributed by atoms with Crippen LogP contribution in [-0.2, 0) is 6.54 Å². The third-order valence-electron chi connectivity index (χ3n) is 2.93. The van der Waals surface area contributed by atoms with Gasteiger partial charge < -0.3 is 9.94 Å². The van der Waals surface area contributed by atoms with E-state index in [0.717, 1.165) is 21.8 Å². The maximum Gasteiger partial charge on any atom is 0.441 e. The number of carboxylic acid groups (broad SMARTS) is 1. The quantitative estimate of drug-likeness (QED) is 0.770. The highest BCUT2D eigenvalue weighted by Crippen LogP contribution is 2.35. The Hall–Kier alpha value is -2.49. The van der Waals surface area contributed by atoms with Crippen LogP contribution in [0.15, 0.2) is 48.5 Å². The predicted molar refractivity (Wildman–Crippen MR) is 66.1 cm³/mol. The molecule has 0 bridgehead atoms. The maximum atomic E-state index is 11.1. The lowest BCUT2D eigenvalue weighted by Crippen LogP contribution is -2.31. The lowest BCUT2D eigenvalue weighted by atomic mass is 9.99. The summed E-state index contributed by atoms with van der Waals surface area (Å²) in [4.78, 5) is 16.6. The second-order valence-electron chi connectivity index (χ2n) is 4.06. The van der Waals surface area contributed by atoms with Gasteiger partial charge in [-0.15, -0.1) is 5.06 Å². The highest BCUT2D eigenvalue weighted by atomic mass is 16.7. The van der Waals surface area contributed by atoms with Gasteiger partial charge in [-0.3, -0.25) is 0 Å². The summed E-state index contributed by atoms with van der Waals surface area (Å²) in [6.07, 6.45) is -1.10. The average molecular weight is 241 g/mol. The Morgan fingerprint density at radius 2 is 1.72 bits per heavy atom. The van der Waals surface area contributed by atoms with E-state index in [9.17, 15) is 4.79 Å². The van der Waals surface area contributed by atoms with Crippen molar-refractivity contribution in [1.29, 1.82) is 0 Å². The van der Waals surface area contributed by atoms with E-state index in [1.54, 1.807) is 6.07 Å². The second-order valence-corrected chi connectivity index (χ2v) is 4.06. The molecule has 1 aliphatic rings. The van der Waals surface area contributed by atoms with Gasteiger partial charge in [0.1, 0.15) is 0 Å².